The number of carbonyl (C=O) groups excluding carboxylic acids is 2. The summed E-state index contributed by atoms with van der Waals surface area (Å²) in [6, 6.07) is 11.7. The van der Waals surface area contributed by atoms with Crippen molar-refractivity contribution in [2.45, 2.75) is 0 Å². The average molecular weight is 295 g/mol. The van der Waals surface area contributed by atoms with Gasteiger partial charge in [-0.05, 0) is 35.4 Å². The Bertz CT molecular complexity index is 808. The lowest BCUT2D eigenvalue weighted by atomic mass is 9.93. The molecule has 0 bridgehead atoms. The first kappa shape index (κ1) is 13.9. The molecule has 110 valence electrons. The summed E-state index contributed by atoms with van der Waals surface area (Å²) in [4.78, 5) is 23.9. The highest BCUT2D eigenvalue weighted by Crippen LogP contribution is 2.30. The molecule has 5 nitrogen and oxygen atoms in total. The Morgan fingerprint density at radius 2 is 1.77 bits per heavy atom. The van der Waals surface area contributed by atoms with Crippen LogP contribution in [0.1, 0.15) is 21.5 Å². The molecule has 0 fully saturated rings. The summed E-state index contributed by atoms with van der Waals surface area (Å²) < 4.78 is 4.99. The second-order valence-electron chi connectivity index (χ2n) is 4.82. The maximum Gasteiger partial charge on any atom is 0.258 e. The summed E-state index contributed by atoms with van der Waals surface area (Å²) >= 11 is 0. The van der Waals surface area contributed by atoms with Crippen molar-refractivity contribution in [1.29, 1.82) is 0 Å². The second-order valence-corrected chi connectivity index (χ2v) is 4.82. The smallest absolute Gasteiger partial charge is 0.258 e. The molecule has 1 heterocycles. The van der Waals surface area contributed by atoms with Crippen molar-refractivity contribution >= 4 is 23.5 Å². The van der Waals surface area contributed by atoms with E-state index < -0.39 is 11.8 Å². The van der Waals surface area contributed by atoms with Gasteiger partial charge in [0, 0.05) is 11.1 Å². The molecule has 22 heavy (non-hydrogen) atoms. The molecule has 0 saturated carbocycles. The van der Waals surface area contributed by atoms with E-state index >= 15 is 0 Å². The molecule has 0 saturated heterocycles. The SMILES string of the molecule is COc1ccc(C=C2C(=O)NC(=O)c3ccccc32)cc1O. The normalized spacial score (nSPS) is 15.4. The molecule has 0 radical (unpaired) electrons. The second kappa shape index (κ2) is 5.37. The number of ether oxygens (including phenoxy) is 1. The Balaban J connectivity index is 2.10. The number of imide groups is 1. The van der Waals surface area contributed by atoms with Crippen LogP contribution in [0.25, 0.3) is 11.6 Å². The number of benzene rings is 2. The lowest BCUT2D eigenvalue weighted by Gasteiger charge is -2.18. The Morgan fingerprint density at radius 3 is 2.45 bits per heavy atom. The molecular formula is C17H13NO4. The van der Waals surface area contributed by atoms with E-state index in [2.05, 4.69) is 5.32 Å². The van der Waals surface area contributed by atoms with Gasteiger partial charge >= 0.3 is 0 Å². The fourth-order valence-electron chi connectivity index (χ4n) is 2.38. The Hall–Kier alpha value is -3.08. The lowest BCUT2D eigenvalue weighted by Crippen LogP contribution is -2.36. The van der Waals surface area contributed by atoms with Crippen LogP contribution in [0.3, 0.4) is 0 Å². The summed E-state index contributed by atoms with van der Waals surface area (Å²) in [5, 5.41) is 12.1. The summed E-state index contributed by atoms with van der Waals surface area (Å²) in [5.41, 5.74) is 2.03. The largest absolute Gasteiger partial charge is 0.504 e. The van der Waals surface area contributed by atoms with Gasteiger partial charge in [0.1, 0.15) is 0 Å². The Labute approximate surface area is 126 Å². The van der Waals surface area contributed by atoms with Gasteiger partial charge in [0.15, 0.2) is 11.5 Å². The maximum atomic E-state index is 12.1. The van der Waals surface area contributed by atoms with Crippen molar-refractivity contribution in [3.63, 3.8) is 0 Å². The summed E-state index contributed by atoms with van der Waals surface area (Å²) in [6.45, 7) is 0. The predicted molar refractivity (Wildman–Crippen MR) is 81.4 cm³/mol. The number of amides is 2. The fourth-order valence-corrected chi connectivity index (χ4v) is 2.38. The standard InChI is InChI=1S/C17H13NO4/c1-22-15-7-6-10(9-14(15)19)8-13-11-4-2-3-5-12(11)16(20)18-17(13)21/h2-9,19H,1H3,(H,18,20,21). The van der Waals surface area contributed by atoms with Crippen LogP contribution in [-0.2, 0) is 4.79 Å². The van der Waals surface area contributed by atoms with Gasteiger partial charge in [-0.25, -0.2) is 0 Å². The molecule has 1 aliphatic heterocycles. The molecule has 0 spiro atoms. The van der Waals surface area contributed by atoms with Crippen LogP contribution in [-0.4, -0.2) is 24.0 Å². The van der Waals surface area contributed by atoms with Gasteiger partial charge in [-0.2, -0.15) is 0 Å². The van der Waals surface area contributed by atoms with E-state index in [1.165, 1.54) is 13.2 Å². The monoisotopic (exact) mass is 295 g/mol. The minimum Gasteiger partial charge on any atom is -0.504 e. The van der Waals surface area contributed by atoms with Crippen LogP contribution < -0.4 is 10.1 Å². The first-order valence-electron chi connectivity index (χ1n) is 6.64. The molecular weight excluding hydrogens is 282 g/mol. The van der Waals surface area contributed by atoms with Crippen molar-refractivity contribution in [1.82, 2.24) is 5.32 Å². The van der Waals surface area contributed by atoms with E-state index in [-0.39, 0.29) is 5.75 Å². The number of phenolic OH excluding ortho intramolecular Hbond substituents is 1. The van der Waals surface area contributed by atoms with Gasteiger partial charge in [0.25, 0.3) is 11.8 Å². The molecule has 3 rings (SSSR count). The number of hydrogen-bond acceptors (Lipinski definition) is 4. The Morgan fingerprint density at radius 1 is 1.05 bits per heavy atom. The van der Waals surface area contributed by atoms with Gasteiger partial charge in [-0.3, -0.25) is 14.9 Å². The number of methoxy groups -OCH3 is 1. The number of rotatable bonds is 2. The minimum absolute atomic E-state index is 0.0163. The van der Waals surface area contributed by atoms with Crippen LogP contribution in [0.5, 0.6) is 11.5 Å². The highest BCUT2D eigenvalue weighted by atomic mass is 16.5. The van der Waals surface area contributed by atoms with Crippen LogP contribution in [0.4, 0.5) is 0 Å². The van der Waals surface area contributed by atoms with Gasteiger partial charge < -0.3 is 9.84 Å². The first-order chi connectivity index (χ1) is 10.6. The van der Waals surface area contributed by atoms with E-state index in [0.29, 0.717) is 28.0 Å². The average Bonchev–Trinajstić information content (AvgIpc) is 2.51. The lowest BCUT2D eigenvalue weighted by molar-refractivity contribution is -0.114. The third-order valence-electron chi connectivity index (χ3n) is 3.45. The van der Waals surface area contributed by atoms with Crippen LogP contribution in [0.15, 0.2) is 42.5 Å². The van der Waals surface area contributed by atoms with Crippen molar-refractivity contribution in [3.8, 4) is 11.5 Å². The van der Waals surface area contributed by atoms with E-state index in [1.54, 1.807) is 42.5 Å². The number of phenols is 1. The summed E-state index contributed by atoms with van der Waals surface area (Å²) in [7, 11) is 1.46. The number of nitrogens with one attached hydrogen (secondary N) is 1. The molecule has 2 aromatic carbocycles. The Kier molecular flexibility index (Phi) is 3.39. The van der Waals surface area contributed by atoms with Crippen molar-refractivity contribution in [2.75, 3.05) is 7.11 Å². The molecule has 2 N–H and O–H groups in total. The molecule has 0 atom stereocenters. The maximum absolute atomic E-state index is 12.1. The van der Waals surface area contributed by atoms with Gasteiger partial charge in [0.2, 0.25) is 0 Å². The quantitative estimate of drug-likeness (QED) is 0.658. The zero-order chi connectivity index (χ0) is 15.7. The zero-order valence-electron chi connectivity index (χ0n) is 11.8. The molecule has 0 unspecified atom stereocenters. The highest BCUT2D eigenvalue weighted by molar-refractivity contribution is 6.33. The molecule has 2 aromatic rings. The van der Waals surface area contributed by atoms with Gasteiger partial charge in [-0.1, -0.05) is 24.3 Å². The van der Waals surface area contributed by atoms with E-state index in [4.69, 9.17) is 4.74 Å². The third kappa shape index (κ3) is 2.33. The van der Waals surface area contributed by atoms with Gasteiger partial charge in [0.05, 0.1) is 7.11 Å². The first-order valence-corrected chi connectivity index (χ1v) is 6.64. The van der Waals surface area contributed by atoms with Crippen LogP contribution in [0.2, 0.25) is 0 Å². The van der Waals surface area contributed by atoms with E-state index in [1.807, 2.05) is 0 Å². The molecule has 0 aromatic heterocycles. The van der Waals surface area contributed by atoms with Gasteiger partial charge in [-0.15, -0.1) is 0 Å². The summed E-state index contributed by atoms with van der Waals surface area (Å²) in [6.07, 6.45) is 1.62. The number of fused-ring (bicyclic) bond motifs is 1. The van der Waals surface area contributed by atoms with E-state index in [0.717, 1.165) is 0 Å². The molecule has 2 amide bonds. The minimum atomic E-state index is -0.459. The van der Waals surface area contributed by atoms with Crippen molar-refractivity contribution < 1.29 is 19.4 Å². The van der Waals surface area contributed by atoms with Crippen LogP contribution >= 0.6 is 0 Å². The van der Waals surface area contributed by atoms with Crippen molar-refractivity contribution in [2.24, 2.45) is 0 Å². The molecule has 1 aliphatic rings. The fraction of sp³-hybridized carbons (Fsp3) is 0.0588. The number of hydrogen-bond donors (Lipinski definition) is 2. The molecule has 5 heteroatoms. The summed E-state index contributed by atoms with van der Waals surface area (Å²) in [5.74, 6) is -0.530. The number of aromatic hydroxyl groups is 1. The number of carbonyl (C=O) groups is 2. The zero-order valence-corrected chi connectivity index (χ0v) is 11.8. The predicted octanol–water partition coefficient (Wildman–Crippen LogP) is 2.21. The van der Waals surface area contributed by atoms with Crippen LogP contribution in [0, 0.1) is 0 Å². The topological polar surface area (TPSA) is 75.6 Å². The highest BCUT2D eigenvalue weighted by Gasteiger charge is 2.26. The third-order valence-corrected chi connectivity index (χ3v) is 3.45. The molecule has 0 aliphatic carbocycles. The van der Waals surface area contributed by atoms with E-state index in [9.17, 15) is 14.7 Å². The van der Waals surface area contributed by atoms with Crippen molar-refractivity contribution in [3.05, 3.63) is 59.2 Å².